The van der Waals surface area contributed by atoms with E-state index >= 15 is 0 Å². The molecule has 0 N–H and O–H groups in total. The summed E-state index contributed by atoms with van der Waals surface area (Å²) in [5, 5.41) is 0. The van der Waals surface area contributed by atoms with E-state index in [0.717, 1.165) is 52.1 Å². The highest BCUT2D eigenvalue weighted by Gasteiger charge is 2.51. The second-order valence-electron chi connectivity index (χ2n) is 16.1. The van der Waals surface area contributed by atoms with E-state index in [1.165, 1.54) is 0 Å². The summed E-state index contributed by atoms with van der Waals surface area (Å²) in [5.74, 6) is 1.28. The molecule has 3 heterocycles. The van der Waals surface area contributed by atoms with Gasteiger partial charge in [0.15, 0.2) is 0 Å². The van der Waals surface area contributed by atoms with Crippen molar-refractivity contribution in [2.24, 2.45) is 0 Å². The molecule has 2 aliphatic heterocycles. The minimum atomic E-state index is -2.45. The summed E-state index contributed by atoms with van der Waals surface area (Å²) in [4.78, 5) is 26.7. The van der Waals surface area contributed by atoms with Gasteiger partial charge in [-0.1, -0.05) is 90.1 Å². The van der Waals surface area contributed by atoms with Gasteiger partial charge in [0.2, 0.25) is 8.32 Å². The number of methoxy groups -OCH3 is 1. The van der Waals surface area contributed by atoms with Gasteiger partial charge in [0.25, 0.3) is 0 Å². The smallest absolute Gasteiger partial charge is 0.410 e. The molecule has 11 nitrogen and oxygen atoms in total. The molecule has 3 aromatic carbocycles. The molecule has 6 rings (SSSR count). The van der Waals surface area contributed by atoms with Crippen molar-refractivity contribution < 1.29 is 32.9 Å². The first kappa shape index (κ1) is 43.6. The Morgan fingerprint density at radius 2 is 1.57 bits per heavy atom. The van der Waals surface area contributed by atoms with Crippen molar-refractivity contribution in [3.8, 4) is 17.5 Å². The zero-order valence-corrected chi connectivity index (χ0v) is 37.5. The summed E-state index contributed by atoms with van der Waals surface area (Å²) in [6, 6.07) is 24.3. The average molecular weight is 876 g/mol. The molecule has 0 spiro atoms. The van der Waals surface area contributed by atoms with Crippen LogP contribution >= 0.6 is 15.9 Å². The maximum Gasteiger partial charge on any atom is 0.410 e. The minimum absolute atomic E-state index is 0.181. The molecule has 4 aromatic rings. The third kappa shape index (κ3) is 10.6. The molecular formula is C45H59BrN4O7Si. The third-order valence-electron chi connectivity index (χ3n) is 11.4. The SMILES string of the molecule is COCCCN1CCOc2ccc(COC3CN(C(=O)OCc4ccccc4)CC(O[Si](C(C)C)(C(C)C)C(C)C)C3c3ccc(Oc4ncc(Br)cn4)cc3)cc21. The largest absolute Gasteiger partial charge is 0.490 e. The molecular weight excluding hydrogens is 817 g/mol. The van der Waals surface area contributed by atoms with Crippen LogP contribution in [0.4, 0.5) is 10.5 Å². The van der Waals surface area contributed by atoms with Crippen LogP contribution < -0.4 is 14.4 Å². The lowest BCUT2D eigenvalue weighted by Gasteiger charge is -2.50. The number of amides is 1. The zero-order valence-electron chi connectivity index (χ0n) is 34.9. The first-order valence-electron chi connectivity index (χ1n) is 20.5. The number of hydrogen-bond acceptors (Lipinski definition) is 10. The van der Waals surface area contributed by atoms with Crippen molar-refractivity contribution in [3.05, 3.63) is 106 Å². The van der Waals surface area contributed by atoms with Gasteiger partial charge < -0.3 is 37.9 Å². The number of likely N-dealkylation sites (tertiary alicyclic amines) is 1. The number of hydrogen-bond donors (Lipinski definition) is 0. The first-order valence-corrected chi connectivity index (χ1v) is 23.4. The fourth-order valence-electron chi connectivity index (χ4n) is 8.76. The number of halogens is 1. The van der Waals surface area contributed by atoms with Crippen LogP contribution in [0.5, 0.6) is 17.5 Å². The molecule has 312 valence electrons. The van der Waals surface area contributed by atoms with E-state index in [1.807, 2.05) is 48.5 Å². The fourth-order valence-corrected chi connectivity index (χ4v) is 14.5. The first-order chi connectivity index (χ1) is 28.0. The van der Waals surface area contributed by atoms with Gasteiger partial charge in [0.1, 0.15) is 24.7 Å². The Labute approximate surface area is 353 Å². The summed E-state index contributed by atoms with van der Waals surface area (Å²) in [7, 11) is -0.719. The van der Waals surface area contributed by atoms with E-state index in [9.17, 15) is 4.79 Å². The number of carbonyl (C=O) groups excluding carboxylic acids is 1. The number of benzene rings is 3. The molecule has 0 radical (unpaired) electrons. The summed E-state index contributed by atoms with van der Waals surface area (Å²) in [5.41, 5.74) is 5.05. The van der Waals surface area contributed by atoms with Crippen molar-refractivity contribution in [1.29, 1.82) is 0 Å². The van der Waals surface area contributed by atoms with Gasteiger partial charge in [-0.15, -0.1) is 0 Å². The van der Waals surface area contributed by atoms with Crippen molar-refractivity contribution in [2.75, 3.05) is 51.4 Å². The summed E-state index contributed by atoms with van der Waals surface area (Å²) in [6.07, 6.45) is 3.06. The van der Waals surface area contributed by atoms with E-state index in [1.54, 1.807) is 24.4 Å². The maximum absolute atomic E-state index is 14.0. The van der Waals surface area contributed by atoms with Crippen molar-refractivity contribution in [1.82, 2.24) is 14.9 Å². The molecule has 1 aromatic heterocycles. The average Bonchev–Trinajstić information content (AvgIpc) is 3.22. The topological polar surface area (TPSA) is 105 Å². The van der Waals surface area contributed by atoms with E-state index in [-0.39, 0.29) is 30.7 Å². The number of rotatable bonds is 17. The highest BCUT2D eigenvalue weighted by atomic mass is 79.9. The highest BCUT2D eigenvalue weighted by molar-refractivity contribution is 9.10. The standard InChI is InChI=1S/C45H59BrN4O7Si/c1-31(2)58(32(3)4,33(5)6)57-42-28-50(45(51)55-29-34-12-9-8-10-13-34)27-41(43(42)36-15-17-38(18-16-36)56-44-47-25-37(46)26-48-44)54-30-35-14-19-40-39(24-35)49(21-23-53-40)20-11-22-52-7/h8-10,12-19,24-26,31-33,41-43H,11,20-23,27-30H2,1-7H3. The second kappa shape index (κ2) is 20.3. The van der Waals surface area contributed by atoms with Crippen LogP contribution in [-0.2, 0) is 31.9 Å². The number of aromatic nitrogens is 2. The lowest BCUT2D eigenvalue weighted by atomic mass is 9.84. The normalized spacial score (nSPS) is 18.4. The van der Waals surface area contributed by atoms with Crippen LogP contribution in [0.2, 0.25) is 16.6 Å². The lowest BCUT2D eigenvalue weighted by molar-refractivity contribution is -0.0663. The predicted molar refractivity (Wildman–Crippen MR) is 232 cm³/mol. The zero-order chi connectivity index (χ0) is 41.2. The van der Waals surface area contributed by atoms with E-state index in [0.29, 0.717) is 55.3 Å². The molecule has 13 heteroatoms. The van der Waals surface area contributed by atoms with Gasteiger partial charge >= 0.3 is 12.1 Å². The number of nitrogens with zero attached hydrogens (tertiary/aromatic N) is 4. The fraction of sp³-hybridized carbons (Fsp3) is 0.489. The minimum Gasteiger partial charge on any atom is -0.490 e. The van der Waals surface area contributed by atoms with Crippen LogP contribution in [0, 0.1) is 0 Å². The van der Waals surface area contributed by atoms with Crippen LogP contribution in [0.1, 0.15) is 70.6 Å². The maximum atomic E-state index is 14.0. The van der Waals surface area contributed by atoms with Gasteiger partial charge in [0, 0.05) is 45.1 Å². The number of fused-ring (bicyclic) bond motifs is 1. The van der Waals surface area contributed by atoms with Crippen molar-refractivity contribution >= 4 is 36.0 Å². The predicted octanol–water partition coefficient (Wildman–Crippen LogP) is 10.1. The third-order valence-corrected chi connectivity index (χ3v) is 18.0. The number of ether oxygens (including phenoxy) is 5. The summed E-state index contributed by atoms with van der Waals surface area (Å²) >= 11 is 3.39. The molecule has 0 saturated carbocycles. The molecule has 3 atom stereocenters. The van der Waals surface area contributed by atoms with Gasteiger partial charge in [-0.05, 0) is 79.9 Å². The molecule has 0 bridgehead atoms. The molecule has 0 aliphatic carbocycles. The van der Waals surface area contributed by atoms with E-state index in [4.69, 9.17) is 28.1 Å². The molecule has 3 unspecified atom stereocenters. The number of anilines is 1. The van der Waals surface area contributed by atoms with Gasteiger partial charge in [-0.25, -0.2) is 14.8 Å². The number of carbonyl (C=O) groups is 1. The van der Waals surface area contributed by atoms with E-state index < -0.39 is 14.4 Å². The van der Waals surface area contributed by atoms with Crippen molar-refractivity contribution in [2.45, 2.75) is 95.9 Å². The molecule has 1 saturated heterocycles. The Kier molecular flexibility index (Phi) is 15.2. The summed E-state index contributed by atoms with van der Waals surface area (Å²) < 4.78 is 38.8. The molecule has 1 amide bonds. The van der Waals surface area contributed by atoms with Crippen LogP contribution in [0.15, 0.2) is 89.7 Å². The molecule has 2 aliphatic rings. The Balaban J connectivity index is 1.34. The van der Waals surface area contributed by atoms with Crippen LogP contribution in [0.3, 0.4) is 0 Å². The second-order valence-corrected chi connectivity index (χ2v) is 22.5. The Hall–Kier alpha value is -4.01. The monoisotopic (exact) mass is 874 g/mol. The summed E-state index contributed by atoms with van der Waals surface area (Å²) in [6.45, 7) is 18.0. The number of piperidine rings is 1. The molecule has 1 fully saturated rings. The Morgan fingerprint density at radius 3 is 2.24 bits per heavy atom. The lowest BCUT2D eigenvalue weighted by Crippen LogP contribution is -2.59. The Morgan fingerprint density at radius 1 is 0.879 bits per heavy atom. The highest BCUT2D eigenvalue weighted by Crippen LogP contribution is 2.46. The van der Waals surface area contributed by atoms with Gasteiger partial charge in [-0.3, -0.25) is 0 Å². The van der Waals surface area contributed by atoms with Gasteiger partial charge in [-0.2, -0.15) is 0 Å². The van der Waals surface area contributed by atoms with E-state index in [2.05, 4.69) is 96.6 Å². The quantitative estimate of drug-likeness (QED) is 0.0752. The molecule has 58 heavy (non-hydrogen) atoms. The Bertz CT molecular complexity index is 1880. The van der Waals surface area contributed by atoms with Crippen molar-refractivity contribution in [3.63, 3.8) is 0 Å². The van der Waals surface area contributed by atoms with Gasteiger partial charge in [0.05, 0.1) is 42.1 Å². The van der Waals surface area contributed by atoms with Crippen LogP contribution in [0.25, 0.3) is 0 Å². The van der Waals surface area contributed by atoms with Crippen LogP contribution in [-0.4, -0.2) is 88.0 Å².